The molecule has 2 aromatic heterocycles. The van der Waals surface area contributed by atoms with E-state index in [9.17, 15) is 4.79 Å². The van der Waals surface area contributed by atoms with Crippen molar-refractivity contribution >= 4 is 17.5 Å². The zero-order chi connectivity index (χ0) is 16.2. The third kappa shape index (κ3) is 3.34. The number of hydrogen-bond donors (Lipinski definition) is 2. The molecule has 2 amide bonds. The zero-order valence-corrected chi connectivity index (χ0v) is 12.8. The molecule has 3 rings (SSSR count). The van der Waals surface area contributed by atoms with Gasteiger partial charge in [0.05, 0.1) is 0 Å². The maximum Gasteiger partial charge on any atom is 0.324 e. The molecule has 0 atom stereocenters. The number of amides is 2. The minimum Gasteiger partial charge on any atom is -0.307 e. The largest absolute Gasteiger partial charge is 0.324 e. The van der Waals surface area contributed by atoms with Gasteiger partial charge in [-0.15, -0.1) is 0 Å². The van der Waals surface area contributed by atoms with Crippen molar-refractivity contribution in [1.29, 1.82) is 0 Å². The molecule has 7 nitrogen and oxygen atoms in total. The average Bonchev–Trinajstić information content (AvgIpc) is 3.06. The SMILES string of the molecule is Cc1cccc(NC(=O)Nc2cc(-n3ccnc3)ncn2)c1C. The van der Waals surface area contributed by atoms with Gasteiger partial charge in [-0.1, -0.05) is 12.1 Å². The Labute approximate surface area is 133 Å². The molecule has 0 spiro atoms. The van der Waals surface area contributed by atoms with Crippen LogP contribution < -0.4 is 10.6 Å². The van der Waals surface area contributed by atoms with Gasteiger partial charge in [0, 0.05) is 24.1 Å². The van der Waals surface area contributed by atoms with Crippen molar-refractivity contribution in [3.8, 4) is 5.82 Å². The van der Waals surface area contributed by atoms with Crippen LogP contribution in [0.1, 0.15) is 11.1 Å². The van der Waals surface area contributed by atoms with Gasteiger partial charge in [-0.05, 0) is 31.0 Å². The Morgan fingerprint density at radius 2 is 2.04 bits per heavy atom. The summed E-state index contributed by atoms with van der Waals surface area (Å²) in [5, 5.41) is 5.53. The van der Waals surface area contributed by atoms with Crippen LogP contribution in [0.5, 0.6) is 0 Å². The number of rotatable bonds is 3. The molecule has 116 valence electrons. The summed E-state index contributed by atoms with van der Waals surface area (Å²) in [6.07, 6.45) is 6.44. The molecule has 7 heteroatoms. The number of carbonyl (C=O) groups is 1. The molecule has 23 heavy (non-hydrogen) atoms. The second-order valence-electron chi connectivity index (χ2n) is 5.06. The van der Waals surface area contributed by atoms with Crippen LogP contribution in [-0.2, 0) is 0 Å². The van der Waals surface area contributed by atoms with E-state index in [1.54, 1.807) is 29.4 Å². The van der Waals surface area contributed by atoms with Crippen LogP contribution >= 0.6 is 0 Å². The third-order valence-corrected chi connectivity index (χ3v) is 3.52. The topological polar surface area (TPSA) is 84.7 Å². The summed E-state index contributed by atoms with van der Waals surface area (Å²) >= 11 is 0. The lowest BCUT2D eigenvalue weighted by Crippen LogP contribution is -2.21. The lowest BCUT2D eigenvalue weighted by Gasteiger charge is -2.11. The first-order valence-corrected chi connectivity index (χ1v) is 7.08. The van der Waals surface area contributed by atoms with Crippen molar-refractivity contribution < 1.29 is 4.79 Å². The monoisotopic (exact) mass is 308 g/mol. The third-order valence-electron chi connectivity index (χ3n) is 3.52. The van der Waals surface area contributed by atoms with Crippen LogP contribution in [0.2, 0.25) is 0 Å². The molecule has 0 radical (unpaired) electrons. The predicted molar refractivity (Wildman–Crippen MR) is 87.7 cm³/mol. The van der Waals surface area contributed by atoms with E-state index >= 15 is 0 Å². The number of hydrogen-bond acceptors (Lipinski definition) is 4. The van der Waals surface area contributed by atoms with Crippen molar-refractivity contribution in [3.63, 3.8) is 0 Å². The van der Waals surface area contributed by atoms with Crippen LogP contribution in [0.3, 0.4) is 0 Å². The Kier molecular flexibility index (Phi) is 4.01. The summed E-state index contributed by atoms with van der Waals surface area (Å²) in [4.78, 5) is 24.3. The molecule has 0 aliphatic carbocycles. The summed E-state index contributed by atoms with van der Waals surface area (Å²) in [5.41, 5.74) is 2.92. The first kappa shape index (κ1) is 14.7. The van der Waals surface area contributed by atoms with E-state index in [2.05, 4.69) is 25.6 Å². The predicted octanol–water partition coefficient (Wildman–Crippen LogP) is 2.92. The van der Waals surface area contributed by atoms with Gasteiger partial charge in [-0.3, -0.25) is 9.88 Å². The average molecular weight is 308 g/mol. The highest BCUT2D eigenvalue weighted by molar-refractivity contribution is 5.99. The molecule has 0 aliphatic rings. The minimum absolute atomic E-state index is 0.353. The van der Waals surface area contributed by atoms with Gasteiger partial charge in [0.25, 0.3) is 0 Å². The Balaban J connectivity index is 1.73. The van der Waals surface area contributed by atoms with E-state index in [4.69, 9.17) is 0 Å². The normalized spacial score (nSPS) is 10.3. The maximum atomic E-state index is 12.1. The van der Waals surface area contributed by atoms with Crippen LogP contribution in [0.15, 0.2) is 49.3 Å². The van der Waals surface area contributed by atoms with Crippen molar-refractivity contribution in [1.82, 2.24) is 19.5 Å². The molecule has 0 unspecified atom stereocenters. The lowest BCUT2D eigenvalue weighted by atomic mass is 10.1. The summed E-state index contributed by atoms with van der Waals surface area (Å²) in [7, 11) is 0. The van der Waals surface area contributed by atoms with E-state index in [1.807, 2.05) is 32.0 Å². The molecule has 0 saturated carbocycles. The number of aryl methyl sites for hydroxylation is 1. The Bertz CT molecular complexity index is 828. The molecular formula is C16H16N6O. The molecular weight excluding hydrogens is 292 g/mol. The summed E-state index contributed by atoms with van der Waals surface area (Å²) in [6.45, 7) is 3.97. The van der Waals surface area contributed by atoms with Gasteiger partial charge in [0.2, 0.25) is 0 Å². The summed E-state index contributed by atoms with van der Waals surface area (Å²) in [6, 6.07) is 7.08. The zero-order valence-electron chi connectivity index (χ0n) is 12.8. The van der Waals surface area contributed by atoms with Gasteiger partial charge in [0.1, 0.15) is 24.3 Å². The number of urea groups is 1. The molecule has 0 bridgehead atoms. The van der Waals surface area contributed by atoms with Crippen LogP contribution in [0, 0.1) is 13.8 Å². The van der Waals surface area contributed by atoms with Crippen molar-refractivity contribution in [2.75, 3.05) is 10.6 Å². The fraction of sp³-hybridized carbons (Fsp3) is 0.125. The molecule has 0 saturated heterocycles. The van der Waals surface area contributed by atoms with Gasteiger partial charge in [-0.25, -0.2) is 19.7 Å². The second-order valence-corrected chi connectivity index (χ2v) is 5.06. The van der Waals surface area contributed by atoms with E-state index in [0.29, 0.717) is 11.6 Å². The number of nitrogens with zero attached hydrogens (tertiary/aromatic N) is 4. The second kappa shape index (κ2) is 6.27. The molecule has 3 aromatic rings. The van der Waals surface area contributed by atoms with Crippen molar-refractivity contribution in [2.24, 2.45) is 0 Å². The highest BCUT2D eigenvalue weighted by Crippen LogP contribution is 2.18. The number of imidazole rings is 1. The van der Waals surface area contributed by atoms with Gasteiger partial charge in [-0.2, -0.15) is 0 Å². The first-order chi connectivity index (χ1) is 11.1. The minimum atomic E-state index is -0.353. The molecule has 2 N–H and O–H groups in total. The Morgan fingerprint density at radius 1 is 1.17 bits per heavy atom. The van der Waals surface area contributed by atoms with Crippen molar-refractivity contribution in [3.05, 3.63) is 60.4 Å². The van der Waals surface area contributed by atoms with Crippen molar-refractivity contribution in [2.45, 2.75) is 13.8 Å². The number of nitrogens with one attached hydrogen (secondary N) is 2. The smallest absolute Gasteiger partial charge is 0.307 e. The highest BCUT2D eigenvalue weighted by Gasteiger charge is 2.08. The quantitative estimate of drug-likeness (QED) is 0.779. The molecule has 0 aliphatic heterocycles. The van der Waals surface area contributed by atoms with Crippen LogP contribution in [0.4, 0.5) is 16.3 Å². The Morgan fingerprint density at radius 3 is 2.83 bits per heavy atom. The maximum absolute atomic E-state index is 12.1. The standard InChI is InChI=1S/C16H16N6O/c1-11-4-3-5-13(12(11)2)20-16(23)21-14-8-15(19-9-18-14)22-7-6-17-10-22/h3-10H,1-2H3,(H2,18,19,20,21,23). The van der Waals surface area contributed by atoms with E-state index in [1.165, 1.54) is 6.33 Å². The van der Waals surface area contributed by atoms with Gasteiger partial charge in [0.15, 0.2) is 0 Å². The number of aromatic nitrogens is 4. The fourth-order valence-corrected chi connectivity index (χ4v) is 2.11. The number of anilines is 2. The molecule has 1 aromatic carbocycles. The molecule has 0 fully saturated rings. The van der Waals surface area contributed by atoms with Gasteiger partial charge < -0.3 is 5.32 Å². The first-order valence-electron chi connectivity index (χ1n) is 7.08. The van der Waals surface area contributed by atoms with Crippen LogP contribution in [0.25, 0.3) is 5.82 Å². The molecule has 2 heterocycles. The van der Waals surface area contributed by atoms with E-state index in [-0.39, 0.29) is 6.03 Å². The fourth-order valence-electron chi connectivity index (χ4n) is 2.11. The summed E-state index contributed by atoms with van der Waals surface area (Å²) in [5.74, 6) is 1.03. The van der Waals surface area contributed by atoms with Gasteiger partial charge >= 0.3 is 6.03 Å². The van der Waals surface area contributed by atoms with Crippen LogP contribution in [-0.4, -0.2) is 25.6 Å². The Hall–Kier alpha value is -3.22. The lowest BCUT2D eigenvalue weighted by molar-refractivity contribution is 0.262. The van der Waals surface area contributed by atoms with E-state index < -0.39 is 0 Å². The number of benzene rings is 1. The van der Waals surface area contributed by atoms with E-state index in [0.717, 1.165) is 16.8 Å². The number of carbonyl (C=O) groups excluding carboxylic acids is 1. The summed E-state index contributed by atoms with van der Waals surface area (Å²) < 4.78 is 1.73. The highest BCUT2D eigenvalue weighted by atomic mass is 16.2.